The average molecular weight is 544 g/mol. The quantitative estimate of drug-likeness (QED) is 0.212. The van der Waals surface area contributed by atoms with Gasteiger partial charge in [-0.1, -0.05) is 41.7 Å². The molecule has 1 amide bonds. The maximum absolute atomic E-state index is 12.5. The van der Waals surface area contributed by atoms with Crippen molar-refractivity contribution in [1.82, 2.24) is 24.7 Å². The molecule has 0 unspecified atom stereocenters. The van der Waals surface area contributed by atoms with Crippen molar-refractivity contribution in [3.8, 4) is 5.69 Å². The normalized spacial score (nSPS) is 11.4. The summed E-state index contributed by atoms with van der Waals surface area (Å²) < 4.78 is 24.6. The molecule has 4 rings (SSSR count). The number of aromatic nitrogens is 5. The fourth-order valence-corrected chi connectivity index (χ4v) is 5.25. The molecule has 0 aliphatic carbocycles. The molecule has 36 heavy (non-hydrogen) atoms. The van der Waals surface area contributed by atoms with Gasteiger partial charge < -0.3 is 10.3 Å². The Kier molecular flexibility index (Phi) is 7.88. The third kappa shape index (κ3) is 6.60. The summed E-state index contributed by atoms with van der Waals surface area (Å²) in [5.74, 6) is 0.750. The van der Waals surface area contributed by atoms with Gasteiger partial charge in [-0.2, -0.15) is 0 Å². The number of rotatable bonds is 9. The number of thioether (sulfide) groups is 2. The van der Waals surface area contributed by atoms with Gasteiger partial charge in [0.2, 0.25) is 15.9 Å². The number of hydrogen-bond donors (Lipinski definition) is 3. The Morgan fingerprint density at radius 3 is 2.47 bits per heavy atom. The van der Waals surface area contributed by atoms with Gasteiger partial charge in [0.25, 0.3) is 5.56 Å². The molecule has 14 heteroatoms. The maximum Gasteiger partial charge on any atom is 0.251 e. The van der Waals surface area contributed by atoms with E-state index in [0.717, 1.165) is 5.69 Å². The molecule has 0 atom stereocenters. The molecule has 0 aliphatic rings. The monoisotopic (exact) mass is 543 g/mol. The Balaban J connectivity index is 1.48. The summed E-state index contributed by atoms with van der Waals surface area (Å²) in [6.07, 6.45) is 0. The molecule has 2 aromatic carbocycles. The second-order valence-corrected chi connectivity index (χ2v) is 10.9. The number of nitrogens with two attached hydrogens (primary N) is 1. The molecule has 11 nitrogen and oxygen atoms in total. The number of sulfonamides is 1. The number of aryl methyl sites for hydroxylation is 1. The topological polar surface area (TPSA) is 166 Å². The van der Waals surface area contributed by atoms with Crippen LogP contribution in [0.4, 0.5) is 5.69 Å². The molecule has 0 saturated heterocycles. The van der Waals surface area contributed by atoms with E-state index in [1.54, 1.807) is 6.92 Å². The number of hydrogen-bond acceptors (Lipinski definition) is 9. The van der Waals surface area contributed by atoms with E-state index in [-0.39, 0.29) is 22.1 Å². The number of carbonyl (C=O) groups is 1. The average Bonchev–Trinajstić information content (AvgIpc) is 3.24. The van der Waals surface area contributed by atoms with Crippen LogP contribution in [0.1, 0.15) is 11.5 Å². The van der Waals surface area contributed by atoms with Crippen LogP contribution in [0.2, 0.25) is 0 Å². The Morgan fingerprint density at radius 2 is 1.81 bits per heavy atom. The van der Waals surface area contributed by atoms with E-state index in [9.17, 15) is 18.0 Å². The van der Waals surface area contributed by atoms with Gasteiger partial charge in [0.1, 0.15) is 5.82 Å². The van der Waals surface area contributed by atoms with Gasteiger partial charge in [-0.25, -0.2) is 18.5 Å². The van der Waals surface area contributed by atoms with Crippen LogP contribution >= 0.6 is 23.5 Å². The van der Waals surface area contributed by atoms with E-state index in [4.69, 9.17) is 5.14 Å². The first-order valence-electron chi connectivity index (χ1n) is 10.4. The summed E-state index contributed by atoms with van der Waals surface area (Å²) in [5, 5.41) is 17.4. The third-order valence-corrected chi connectivity index (χ3v) is 7.43. The zero-order valence-corrected chi connectivity index (χ0v) is 21.4. The number of H-pyrrole nitrogens is 1. The van der Waals surface area contributed by atoms with Crippen LogP contribution in [0.15, 0.2) is 80.7 Å². The fourth-order valence-electron chi connectivity index (χ4n) is 3.13. The number of nitrogens with one attached hydrogen (secondary N) is 2. The van der Waals surface area contributed by atoms with Crippen molar-refractivity contribution >= 4 is 45.1 Å². The predicted octanol–water partition coefficient (Wildman–Crippen LogP) is 2.33. The van der Waals surface area contributed by atoms with Crippen LogP contribution in [0.25, 0.3) is 5.69 Å². The van der Waals surface area contributed by atoms with Crippen LogP contribution in [-0.2, 0) is 20.6 Å². The van der Waals surface area contributed by atoms with Crippen LogP contribution in [0.3, 0.4) is 0 Å². The van der Waals surface area contributed by atoms with Crippen molar-refractivity contribution in [3.05, 3.63) is 82.5 Å². The minimum absolute atomic E-state index is 0.0406. The van der Waals surface area contributed by atoms with E-state index in [1.165, 1.54) is 53.9 Å². The molecular formula is C22H21N7O4S3. The second-order valence-electron chi connectivity index (χ2n) is 7.46. The molecule has 186 valence electrons. The molecule has 2 heterocycles. The van der Waals surface area contributed by atoms with Gasteiger partial charge >= 0.3 is 0 Å². The lowest BCUT2D eigenvalue weighted by Gasteiger charge is -2.10. The highest BCUT2D eigenvalue weighted by molar-refractivity contribution is 7.99. The van der Waals surface area contributed by atoms with E-state index in [0.29, 0.717) is 33.3 Å². The highest BCUT2D eigenvalue weighted by Crippen LogP contribution is 2.26. The number of primary sulfonamides is 1. The molecule has 4 N–H and O–H groups in total. The van der Waals surface area contributed by atoms with E-state index in [2.05, 4.69) is 25.5 Å². The zero-order chi connectivity index (χ0) is 25.7. The van der Waals surface area contributed by atoms with Gasteiger partial charge in [-0.3, -0.25) is 14.2 Å². The molecule has 0 fully saturated rings. The first-order valence-corrected chi connectivity index (χ1v) is 14.0. The van der Waals surface area contributed by atoms with Crippen molar-refractivity contribution in [2.45, 2.75) is 27.9 Å². The number of carbonyl (C=O) groups excluding carboxylic acids is 1. The smallest absolute Gasteiger partial charge is 0.251 e. The number of para-hydroxylation sites is 1. The van der Waals surface area contributed by atoms with Crippen molar-refractivity contribution in [3.63, 3.8) is 0 Å². The molecule has 0 spiro atoms. The van der Waals surface area contributed by atoms with Gasteiger partial charge in [-0.15, -0.1) is 10.2 Å². The lowest BCUT2D eigenvalue weighted by Crippen LogP contribution is -2.15. The van der Waals surface area contributed by atoms with Crippen molar-refractivity contribution in [1.29, 1.82) is 0 Å². The summed E-state index contributed by atoms with van der Waals surface area (Å²) >= 11 is 2.53. The Bertz CT molecular complexity index is 1540. The first kappa shape index (κ1) is 25.6. The SMILES string of the molecule is Cc1cc(=O)[nH]c(SCc2nnc(SCC(=O)Nc3ccc(S(N)(=O)=O)cc3)n2-c2ccccc2)n1. The van der Waals surface area contributed by atoms with Crippen molar-refractivity contribution in [2.24, 2.45) is 5.14 Å². The Hall–Kier alpha value is -3.46. The molecule has 4 aromatic rings. The van der Waals surface area contributed by atoms with E-state index >= 15 is 0 Å². The highest BCUT2D eigenvalue weighted by Gasteiger charge is 2.17. The van der Waals surface area contributed by atoms with Gasteiger partial charge in [0.15, 0.2) is 10.3 Å². The zero-order valence-electron chi connectivity index (χ0n) is 18.9. The minimum Gasteiger partial charge on any atom is -0.325 e. The summed E-state index contributed by atoms with van der Waals surface area (Å²) in [7, 11) is -3.81. The lowest BCUT2D eigenvalue weighted by molar-refractivity contribution is -0.113. The molecule has 0 radical (unpaired) electrons. The van der Waals surface area contributed by atoms with Crippen molar-refractivity contribution in [2.75, 3.05) is 11.1 Å². The Morgan fingerprint density at radius 1 is 1.08 bits per heavy atom. The minimum atomic E-state index is -3.81. The standard InChI is InChI=1S/C22H21N7O4S3/c1-14-11-19(30)26-21(24-14)34-12-18-27-28-22(29(18)16-5-3-2-4-6-16)35-13-20(31)25-15-7-9-17(10-8-15)36(23,32)33/h2-11H,12-13H2,1H3,(H,25,31)(H2,23,32,33)(H,24,26,30). The number of aromatic amines is 1. The van der Waals surface area contributed by atoms with Gasteiger partial charge in [0.05, 0.1) is 16.4 Å². The molecular weight excluding hydrogens is 522 g/mol. The molecule has 0 bridgehead atoms. The number of anilines is 1. The largest absolute Gasteiger partial charge is 0.325 e. The Labute approximate surface area is 215 Å². The van der Waals surface area contributed by atoms with Crippen LogP contribution in [-0.4, -0.2) is 44.8 Å². The second kappa shape index (κ2) is 11.1. The summed E-state index contributed by atoms with van der Waals surface area (Å²) in [5.41, 5.74) is 1.66. The predicted molar refractivity (Wildman–Crippen MR) is 138 cm³/mol. The van der Waals surface area contributed by atoms with E-state index < -0.39 is 10.0 Å². The molecule has 0 saturated carbocycles. The highest BCUT2D eigenvalue weighted by atomic mass is 32.2. The maximum atomic E-state index is 12.5. The number of benzene rings is 2. The third-order valence-electron chi connectivity index (χ3n) is 4.70. The van der Waals surface area contributed by atoms with Crippen LogP contribution in [0, 0.1) is 6.92 Å². The van der Waals surface area contributed by atoms with Crippen LogP contribution < -0.4 is 16.0 Å². The lowest BCUT2D eigenvalue weighted by atomic mass is 10.3. The first-order chi connectivity index (χ1) is 17.2. The fraction of sp³-hybridized carbons (Fsp3) is 0.136. The van der Waals surface area contributed by atoms with Crippen LogP contribution in [0.5, 0.6) is 0 Å². The van der Waals surface area contributed by atoms with E-state index in [1.807, 2.05) is 34.9 Å². The summed E-state index contributed by atoms with van der Waals surface area (Å²) in [6, 6.07) is 16.5. The molecule has 2 aromatic heterocycles. The van der Waals surface area contributed by atoms with Crippen molar-refractivity contribution < 1.29 is 13.2 Å². The van der Waals surface area contributed by atoms with Gasteiger partial charge in [-0.05, 0) is 43.3 Å². The number of nitrogens with zero attached hydrogens (tertiary/aromatic N) is 4. The number of amides is 1. The molecule has 0 aliphatic heterocycles. The summed E-state index contributed by atoms with van der Waals surface area (Å²) in [6.45, 7) is 1.75. The van der Waals surface area contributed by atoms with Gasteiger partial charge in [0, 0.05) is 23.1 Å². The summed E-state index contributed by atoms with van der Waals surface area (Å²) in [4.78, 5) is 31.2.